The van der Waals surface area contributed by atoms with Crippen molar-refractivity contribution in [3.8, 4) is 11.1 Å². The first kappa shape index (κ1) is 13.8. The van der Waals surface area contributed by atoms with Gasteiger partial charge in [-0.25, -0.2) is 9.78 Å². The molecular formula is C16H15N5O. The molecule has 5 N–H and O–H groups in total. The van der Waals surface area contributed by atoms with Crippen molar-refractivity contribution in [1.29, 1.82) is 0 Å². The standard InChI is InChI=1S/C16H15N5O/c1-9-2-3-19-7-12(9)10-4-11-6-15(21-16(18)22)20-8-13(11)14(17)5-10/h2-8H,17H2,1H3,(H3,18,20,21,22). The lowest BCUT2D eigenvalue weighted by molar-refractivity contribution is 0.259. The zero-order valence-electron chi connectivity index (χ0n) is 12.0. The molecule has 0 spiro atoms. The van der Waals surface area contributed by atoms with Gasteiger partial charge in [0.1, 0.15) is 5.82 Å². The quantitative estimate of drug-likeness (QED) is 0.631. The van der Waals surface area contributed by atoms with Crippen LogP contribution in [0.4, 0.5) is 16.3 Å². The maximum absolute atomic E-state index is 10.9. The highest BCUT2D eigenvalue weighted by molar-refractivity contribution is 5.99. The summed E-state index contributed by atoms with van der Waals surface area (Å²) in [5, 5.41) is 4.15. The van der Waals surface area contributed by atoms with Crippen LogP contribution in [0.5, 0.6) is 0 Å². The van der Waals surface area contributed by atoms with E-state index in [4.69, 9.17) is 11.5 Å². The van der Waals surface area contributed by atoms with Crippen molar-refractivity contribution in [2.24, 2.45) is 5.73 Å². The van der Waals surface area contributed by atoms with Crippen LogP contribution in [0.15, 0.2) is 42.9 Å². The van der Waals surface area contributed by atoms with Gasteiger partial charge in [-0.05, 0) is 47.7 Å². The van der Waals surface area contributed by atoms with Crippen LogP contribution in [-0.2, 0) is 0 Å². The third-order valence-electron chi connectivity index (χ3n) is 3.47. The molecular weight excluding hydrogens is 278 g/mol. The number of primary amides is 1. The molecule has 0 aliphatic rings. The summed E-state index contributed by atoms with van der Waals surface area (Å²) in [6.07, 6.45) is 5.18. The minimum absolute atomic E-state index is 0.388. The number of carbonyl (C=O) groups is 1. The first-order valence-corrected chi connectivity index (χ1v) is 6.71. The van der Waals surface area contributed by atoms with Gasteiger partial charge in [-0.1, -0.05) is 0 Å². The summed E-state index contributed by atoms with van der Waals surface area (Å²) in [7, 11) is 0. The number of pyridine rings is 2. The highest BCUT2D eigenvalue weighted by Gasteiger charge is 2.08. The molecule has 110 valence electrons. The highest BCUT2D eigenvalue weighted by atomic mass is 16.2. The molecule has 0 saturated carbocycles. The van der Waals surface area contributed by atoms with Crippen molar-refractivity contribution in [2.75, 3.05) is 11.1 Å². The average molecular weight is 293 g/mol. The molecule has 0 aliphatic carbocycles. The van der Waals surface area contributed by atoms with E-state index in [2.05, 4.69) is 15.3 Å². The van der Waals surface area contributed by atoms with Crippen LogP contribution in [-0.4, -0.2) is 16.0 Å². The number of aryl methyl sites for hydroxylation is 1. The third-order valence-corrected chi connectivity index (χ3v) is 3.47. The second-order valence-electron chi connectivity index (χ2n) is 5.04. The summed E-state index contributed by atoms with van der Waals surface area (Å²) in [6.45, 7) is 2.02. The Morgan fingerprint density at radius 2 is 2.05 bits per heavy atom. The molecule has 3 rings (SSSR count). The molecule has 0 unspecified atom stereocenters. The Balaban J connectivity index is 2.17. The number of nitrogens with zero attached hydrogens (tertiary/aromatic N) is 2. The van der Waals surface area contributed by atoms with E-state index in [-0.39, 0.29) is 0 Å². The molecule has 0 atom stereocenters. The number of benzene rings is 1. The lowest BCUT2D eigenvalue weighted by Crippen LogP contribution is -2.19. The second-order valence-corrected chi connectivity index (χ2v) is 5.04. The Bertz CT molecular complexity index is 876. The number of aromatic nitrogens is 2. The SMILES string of the molecule is Cc1ccncc1-c1cc(N)c2cnc(NC(N)=O)cc2c1. The Morgan fingerprint density at radius 3 is 2.77 bits per heavy atom. The van der Waals surface area contributed by atoms with Gasteiger partial charge >= 0.3 is 6.03 Å². The first-order valence-electron chi connectivity index (χ1n) is 6.71. The number of amides is 2. The van der Waals surface area contributed by atoms with Crippen molar-refractivity contribution < 1.29 is 4.79 Å². The van der Waals surface area contributed by atoms with Gasteiger partial charge in [-0.3, -0.25) is 10.3 Å². The number of fused-ring (bicyclic) bond motifs is 1. The zero-order valence-corrected chi connectivity index (χ0v) is 12.0. The van der Waals surface area contributed by atoms with Crippen LogP contribution in [0.25, 0.3) is 21.9 Å². The molecule has 6 nitrogen and oxygen atoms in total. The largest absolute Gasteiger partial charge is 0.398 e. The maximum Gasteiger partial charge on any atom is 0.317 e. The summed E-state index contributed by atoms with van der Waals surface area (Å²) in [5.74, 6) is 0.388. The molecule has 0 fully saturated rings. The monoisotopic (exact) mass is 293 g/mol. The van der Waals surface area contributed by atoms with Crippen LogP contribution in [0, 0.1) is 6.92 Å². The Morgan fingerprint density at radius 1 is 1.23 bits per heavy atom. The number of nitrogen functional groups attached to an aromatic ring is 1. The molecule has 3 aromatic rings. The van der Waals surface area contributed by atoms with E-state index in [1.54, 1.807) is 24.7 Å². The van der Waals surface area contributed by atoms with E-state index in [0.29, 0.717) is 11.5 Å². The number of hydrogen-bond donors (Lipinski definition) is 3. The maximum atomic E-state index is 10.9. The summed E-state index contributed by atoms with van der Waals surface area (Å²) in [6, 6.07) is 6.92. The van der Waals surface area contributed by atoms with Gasteiger partial charge < -0.3 is 11.5 Å². The summed E-state index contributed by atoms with van der Waals surface area (Å²) >= 11 is 0. The van der Waals surface area contributed by atoms with E-state index in [1.807, 2.05) is 25.1 Å². The minimum atomic E-state index is -0.654. The highest BCUT2D eigenvalue weighted by Crippen LogP contribution is 2.31. The van der Waals surface area contributed by atoms with Gasteiger partial charge in [0.2, 0.25) is 0 Å². The lowest BCUT2D eigenvalue weighted by atomic mass is 9.99. The number of urea groups is 1. The fourth-order valence-electron chi connectivity index (χ4n) is 2.40. The second kappa shape index (κ2) is 5.33. The van der Waals surface area contributed by atoms with Gasteiger partial charge in [-0.2, -0.15) is 0 Å². The van der Waals surface area contributed by atoms with Crippen LogP contribution in [0.3, 0.4) is 0 Å². The zero-order chi connectivity index (χ0) is 15.7. The summed E-state index contributed by atoms with van der Waals surface area (Å²) in [4.78, 5) is 19.2. The molecule has 22 heavy (non-hydrogen) atoms. The van der Waals surface area contributed by atoms with Crippen molar-refractivity contribution in [3.05, 3.63) is 48.4 Å². The van der Waals surface area contributed by atoms with Gasteiger partial charge in [0.25, 0.3) is 0 Å². The summed E-state index contributed by atoms with van der Waals surface area (Å²) in [5.41, 5.74) is 14.9. The number of nitrogens with two attached hydrogens (primary N) is 2. The average Bonchev–Trinajstić information content (AvgIpc) is 2.46. The Labute approximate surface area is 127 Å². The molecule has 2 aromatic heterocycles. The number of carbonyl (C=O) groups excluding carboxylic acids is 1. The molecule has 2 amide bonds. The summed E-state index contributed by atoms with van der Waals surface area (Å²) < 4.78 is 0. The molecule has 2 heterocycles. The van der Waals surface area contributed by atoms with Gasteiger partial charge in [-0.15, -0.1) is 0 Å². The van der Waals surface area contributed by atoms with Crippen molar-refractivity contribution in [1.82, 2.24) is 9.97 Å². The predicted molar refractivity (Wildman–Crippen MR) is 87.3 cm³/mol. The van der Waals surface area contributed by atoms with Crippen molar-refractivity contribution >= 4 is 28.3 Å². The van der Waals surface area contributed by atoms with Crippen molar-refractivity contribution in [3.63, 3.8) is 0 Å². The van der Waals surface area contributed by atoms with E-state index in [9.17, 15) is 4.79 Å². The topological polar surface area (TPSA) is 107 Å². The Hall–Kier alpha value is -3.15. The van der Waals surface area contributed by atoms with Gasteiger partial charge in [0.05, 0.1) is 0 Å². The number of nitrogens with one attached hydrogen (secondary N) is 1. The molecule has 6 heteroatoms. The third kappa shape index (κ3) is 2.54. The van der Waals surface area contributed by atoms with Crippen LogP contribution in [0.1, 0.15) is 5.56 Å². The molecule has 0 radical (unpaired) electrons. The van der Waals surface area contributed by atoms with E-state index >= 15 is 0 Å². The number of hydrogen-bond acceptors (Lipinski definition) is 4. The molecule has 0 bridgehead atoms. The predicted octanol–water partition coefficient (Wildman–Crippen LogP) is 2.68. The van der Waals surface area contributed by atoms with E-state index < -0.39 is 6.03 Å². The van der Waals surface area contributed by atoms with Crippen LogP contribution in [0.2, 0.25) is 0 Å². The van der Waals surface area contributed by atoms with Crippen molar-refractivity contribution in [2.45, 2.75) is 6.92 Å². The minimum Gasteiger partial charge on any atom is -0.398 e. The number of rotatable bonds is 2. The molecule has 1 aromatic carbocycles. The van der Waals surface area contributed by atoms with E-state index in [0.717, 1.165) is 27.5 Å². The van der Waals surface area contributed by atoms with Crippen LogP contribution >= 0.6 is 0 Å². The fraction of sp³-hybridized carbons (Fsp3) is 0.0625. The van der Waals surface area contributed by atoms with Gasteiger partial charge in [0.15, 0.2) is 0 Å². The smallest absolute Gasteiger partial charge is 0.317 e. The van der Waals surface area contributed by atoms with Gasteiger partial charge in [0, 0.05) is 35.2 Å². The Kier molecular flexibility index (Phi) is 3.34. The molecule has 0 aliphatic heterocycles. The first-order chi connectivity index (χ1) is 10.5. The molecule has 0 saturated heterocycles. The normalized spacial score (nSPS) is 10.6. The van der Waals surface area contributed by atoms with E-state index in [1.165, 1.54) is 0 Å². The number of anilines is 2. The lowest BCUT2D eigenvalue weighted by Gasteiger charge is -2.10. The van der Waals surface area contributed by atoms with Crippen LogP contribution < -0.4 is 16.8 Å². The fourth-order valence-corrected chi connectivity index (χ4v) is 2.40.